The molecule has 0 fully saturated rings. The number of aliphatic imine (C=N–C) groups is 1. The Morgan fingerprint density at radius 1 is 1.14 bits per heavy atom. The minimum atomic E-state index is -0.139. The summed E-state index contributed by atoms with van der Waals surface area (Å²) in [6, 6.07) is 6.07. The van der Waals surface area contributed by atoms with E-state index in [2.05, 4.69) is 51.0 Å². The topological polar surface area (TPSA) is 68.9 Å². The van der Waals surface area contributed by atoms with Gasteiger partial charge < -0.3 is 20.5 Å². The van der Waals surface area contributed by atoms with E-state index in [4.69, 9.17) is 15.2 Å². The number of nitrogens with zero attached hydrogens (tertiary/aromatic N) is 1. The highest BCUT2D eigenvalue weighted by atomic mass is 16.6. The Kier molecular flexibility index (Phi) is 4.54. The smallest absolute Gasteiger partial charge is 0.189 e. The van der Waals surface area contributed by atoms with Crippen LogP contribution in [0, 0.1) is 0 Å². The number of benzene rings is 1. The Labute approximate surface area is 132 Å². The zero-order valence-corrected chi connectivity index (χ0v) is 14.2. The number of guanidine groups is 1. The summed E-state index contributed by atoms with van der Waals surface area (Å²) in [5, 5.41) is 3.18. The Bertz CT molecular complexity index is 560. The Balaban J connectivity index is 2.11. The summed E-state index contributed by atoms with van der Waals surface area (Å²) < 4.78 is 11.2. The minimum Gasteiger partial charge on any atom is -0.486 e. The van der Waals surface area contributed by atoms with Gasteiger partial charge in [0.2, 0.25) is 0 Å². The third kappa shape index (κ3) is 4.29. The normalized spacial score (nSPS) is 15.6. The van der Waals surface area contributed by atoms with Crippen LogP contribution >= 0.6 is 0 Å². The van der Waals surface area contributed by atoms with Crippen molar-refractivity contribution in [3.63, 3.8) is 0 Å². The molecule has 2 rings (SSSR count). The maximum absolute atomic E-state index is 5.95. The van der Waals surface area contributed by atoms with Crippen LogP contribution < -0.4 is 20.5 Å². The molecule has 1 aromatic rings. The van der Waals surface area contributed by atoms with E-state index < -0.39 is 0 Å². The Morgan fingerprint density at radius 3 is 2.41 bits per heavy atom. The number of hydrogen-bond acceptors (Lipinski definition) is 3. The average Bonchev–Trinajstić information content (AvgIpc) is 2.43. The molecule has 5 heteroatoms. The van der Waals surface area contributed by atoms with Crippen molar-refractivity contribution >= 4 is 5.96 Å². The molecule has 0 aromatic heterocycles. The van der Waals surface area contributed by atoms with E-state index in [0.717, 1.165) is 17.1 Å². The number of fused-ring (bicyclic) bond motifs is 1. The molecule has 0 amide bonds. The van der Waals surface area contributed by atoms with Gasteiger partial charge in [0.25, 0.3) is 0 Å². The van der Waals surface area contributed by atoms with Gasteiger partial charge in [0.1, 0.15) is 13.2 Å². The first-order valence-electron chi connectivity index (χ1n) is 7.66. The molecular weight excluding hydrogens is 278 g/mol. The molecule has 1 heterocycles. The van der Waals surface area contributed by atoms with Crippen molar-refractivity contribution in [3.8, 4) is 11.5 Å². The van der Waals surface area contributed by atoms with Crippen molar-refractivity contribution in [3.05, 3.63) is 23.8 Å². The highest BCUT2D eigenvalue weighted by molar-refractivity contribution is 5.78. The molecule has 0 bridgehead atoms. The second-order valence-electron chi connectivity index (χ2n) is 7.32. The first kappa shape index (κ1) is 16.5. The zero-order chi connectivity index (χ0) is 16.4. The molecule has 0 aliphatic carbocycles. The average molecular weight is 305 g/mol. The summed E-state index contributed by atoms with van der Waals surface area (Å²) >= 11 is 0. The van der Waals surface area contributed by atoms with Gasteiger partial charge in [-0.15, -0.1) is 0 Å². The fourth-order valence-electron chi connectivity index (χ4n) is 2.26. The van der Waals surface area contributed by atoms with E-state index >= 15 is 0 Å². The minimum absolute atomic E-state index is 0.0886. The standard InChI is InChI=1S/C17H27N3O2/c1-16(2,3)20-15(18)19-11-17(4,5)12-6-7-13-14(10-12)22-9-8-21-13/h6-7,10H,8-9,11H2,1-5H3,(H3,18,19,20). The molecular formula is C17H27N3O2. The highest BCUT2D eigenvalue weighted by Gasteiger charge is 2.23. The van der Waals surface area contributed by atoms with Crippen molar-refractivity contribution in [1.82, 2.24) is 5.32 Å². The third-order valence-corrected chi connectivity index (χ3v) is 3.47. The molecule has 5 nitrogen and oxygen atoms in total. The van der Waals surface area contributed by atoms with Gasteiger partial charge >= 0.3 is 0 Å². The fourth-order valence-corrected chi connectivity index (χ4v) is 2.26. The predicted molar refractivity (Wildman–Crippen MR) is 89.8 cm³/mol. The van der Waals surface area contributed by atoms with Gasteiger partial charge in [0, 0.05) is 11.0 Å². The molecule has 1 aromatic carbocycles. The Hall–Kier alpha value is -1.91. The first-order chi connectivity index (χ1) is 10.2. The number of nitrogens with two attached hydrogens (primary N) is 1. The second-order valence-corrected chi connectivity index (χ2v) is 7.32. The maximum Gasteiger partial charge on any atom is 0.189 e. The van der Waals surface area contributed by atoms with E-state index in [1.807, 2.05) is 12.1 Å². The van der Waals surface area contributed by atoms with Gasteiger partial charge in [0.15, 0.2) is 17.5 Å². The van der Waals surface area contributed by atoms with Crippen molar-refractivity contribution in [2.24, 2.45) is 10.7 Å². The van der Waals surface area contributed by atoms with Gasteiger partial charge in [-0.2, -0.15) is 0 Å². The quantitative estimate of drug-likeness (QED) is 0.665. The summed E-state index contributed by atoms with van der Waals surface area (Å²) in [5.74, 6) is 2.09. The lowest BCUT2D eigenvalue weighted by atomic mass is 9.84. The predicted octanol–water partition coefficient (Wildman–Crippen LogP) is 2.44. The van der Waals surface area contributed by atoms with E-state index in [1.54, 1.807) is 0 Å². The lowest BCUT2D eigenvalue weighted by molar-refractivity contribution is 0.171. The van der Waals surface area contributed by atoms with E-state index in [0.29, 0.717) is 25.7 Å². The molecule has 0 spiro atoms. The van der Waals surface area contributed by atoms with Crippen LogP contribution in [0.15, 0.2) is 23.2 Å². The highest BCUT2D eigenvalue weighted by Crippen LogP contribution is 2.35. The molecule has 22 heavy (non-hydrogen) atoms. The molecule has 3 N–H and O–H groups in total. The second kappa shape index (κ2) is 6.07. The summed E-state index contributed by atoms with van der Waals surface area (Å²) in [7, 11) is 0. The lowest BCUT2D eigenvalue weighted by Gasteiger charge is -2.27. The van der Waals surface area contributed by atoms with Crippen LogP contribution in [-0.2, 0) is 5.41 Å². The summed E-state index contributed by atoms with van der Waals surface area (Å²) in [4.78, 5) is 4.48. The van der Waals surface area contributed by atoms with Crippen molar-refractivity contribution in [1.29, 1.82) is 0 Å². The van der Waals surface area contributed by atoms with Crippen LogP contribution in [-0.4, -0.2) is 31.3 Å². The summed E-state index contributed by atoms with van der Waals surface area (Å²) in [6.07, 6.45) is 0. The monoisotopic (exact) mass is 305 g/mol. The largest absolute Gasteiger partial charge is 0.486 e. The lowest BCUT2D eigenvalue weighted by Crippen LogP contribution is -2.45. The molecule has 0 atom stereocenters. The van der Waals surface area contributed by atoms with Gasteiger partial charge in [-0.25, -0.2) is 0 Å². The first-order valence-corrected chi connectivity index (χ1v) is 7.66. The van der Waals surface area contributed by atoms with Gasteiger partial charge in [0.05, 0.1) is 6.54 Å². The molecule has 1 aliphatic rings. The number of ether oxygens (including phenoxy) is 2. The number of nitrogens with one attached hydrogen (secondary N) is 1. The van der Waals surface area contributed by atoms with Crippen molar-refractivity contribution in [2.45, 2.75) is 45.6 Å². The van der Waals surface area contributed by atoms with Crippen molar-refractivity contribution < 1.29 is 9.47 Å². The van der Waals surface area contributed by atoms with E-state index in [-0.39, 0.29) is 11.0 Å². The van der Waals surface area contributed by atoms with Gasteiger partial charge in [-0.3, -0.25) is 4.99 Å². The molecule has 0 radical (unpaired) electrons. The molecule has 1 aliphatic heterocycles. The summed E-state index contributed by atoms with van der Waals surface area (Å²) in [6.45, 7) is 12.3. The zero-order valence-electron chi connectivity index (χ0n) is 14.2. The van der Waals surface area contributed by atoms with Crippen LogP contribution in [0.1, 0.15) is 40.2 Å². The third-order valence-electron chi connectivity index (χ3n) is 3.47. The fraction of sp³-hybridized carbons (Fsp3) is 0.588. The van der Waals surface area contributed by atoms with Gasteiger partial charge in [-0.1, -0.05) is 19.9 Å². The van der Waals surface area contributed by atoms with E-state index in [1.165, 1.54) is 0 Å². The van der Waals surface area contributed by atoms with Crippen LogP contribution in [0.3, 0.4) is 0 Å². The van der Waals surface area contributed by atoms with E-state index in [9.17, 15) is 0 Å². The molecule has 122 valence electrons. The summed E-state index contributed by atoms with van der Waals surface area (Å²) in [5.41, 5.74) is 6.88. The van der Waals surface area contributed by atoms with Crippen LogP contribution in [0.25, 0.3) is 0 Å². The van der Waals surface area contributed by atoms with Crippen molar-refractivity contribution in [2.75, 3.05) is 19.8 Å². The van der Waals surface area contributed by atoms with Crippen LogP contribution in [0.2, 0.25) is 0 Å². The Morgan fingerprint density at radius 2 is 1.77 bits per heavy atom. The number of hydrogen-bond donors (Lipinski definition) is 2. The number of rotatable bonds is 3. The van der Waals surface area contributed by atoms with Crippen LogP contribution in [0.4, 0.5) is 0 Å². The SMILES string of the molecule is CC(C)(C)NC(N)=NCC(C)(C)c1ccc2c(c1)OCCO2. The molecule has 0 unspecified atom stereocenters. The van der Waals surface area contributed by atoms with Gasteiger partial charge in [-0.05, 0) is 38.5 Å². The molecule has 0 saturated heterocycles. The molecule has 0 saturated carbocycles. The maximum atomic E-state index is 5.95. The van der Waals surface area contributed by atoms with Crippen LogP contribution in [0.5, 0.6) is 11.5 Å².